The lowest BCUT2D eigenvalue weighted by atomic mass is 10.0. The highest BCUT2D eigenvalue weighted by molar-refractivity contribution is 5.83. The molecule has 0 bridgehead atoms. The fourth-order valence-corrected chi connectivity index (χ4v) is 2.39. The van der Waals surface area contributed by atoms with Gasteiger partial charge in [-0.3, -0.25) is 0 Å². The van der Waals surface area contributed by atoms with Crippen molar-refractivity contribution >= 4 is 10.8 Å². The average molecular weight is 278 g/mol. The van der Waals surface area contributed by atoms with Gasteiger partial charge in [-0.1, -0.05) is 54.6 Å². The van der Waals surface area contributed by atoms with Crippen LogP contribution in [-0.4, -0.2) is 11.7 Å². The van der Waals surface area contributed by atoms with Crippen molar-refractivity contribution in [3.63, 3.8) is 0 Å². The Balaban J connectivity index is 1.62. The van der Waals surface area contributed by atoms with Crippen LogP contribution in [0.25, 0.3) is 10.8 Å². The summed E-state index contributed by atoms with van der Waals surface area (Å²) in [4.78, 5) is 0. The molecule has 0 aliphatic carbocycles. The maximum absolute atomic E-state index is 10.3. The monoisotopic (exact) mass is 278 g/mol. The molecule has 106 valence electrons. The predicted octanol–water partition coefficient (Wildman–Crippen LogP) is 4.34. The second-order valence-corrected chi connectivity index (χ2v) is 5.07. The van der Waals surface area contributed by atoms with Crippen LogP contribution in [0.3, 0.4) is 0 Å². The lowest BCUT2D eigenvalue weighted by molar-refractivity contribution is 0.141. The number of rotatable bonds is 5. The van der Waals surface area contributed by atoms with E-state index in [1.165, 1.54) is 5.39 Å². The molecule has 0 aliphatic rings. The van der Waals surface area contributed by atoms with Gasteiger partial charge in [0, 0.05) is 6.42 Å². The molecule has 0 amide bonds. The summed E-state index contributed by atoms with van der Waals surface area (Å²) in [7, 11) is 0. The van der Waals surface area contributed by atoms with Gasteiger partial charge in [-0.05, 0) is 34.5 Å². The summed E-state index contributed by atoms with van der Waals surface area (Å²) in [6.07, 6.45) is 0.0751. The van der Waals surface area contributed by atoms with Crippen LogP contribution in [-0.2, 0) is 0 Å². The van der Waals surface area contributed by atoms with Gasteiger partial charge in [0.05, 0.1) is 12.7 Å². The van der Waals surface area contributed by atoms with E-state index < -0.39 is 6.10 Å². The summed E-state index contributed by atoms with van der Waals surface area (Å²) in [5.41, 5.74) is 0.936. The Bertz CT molecular complexity index is 707. The van der Waals surface area contributed by atoms with Gasteiger partial charge in [-0.15, -0.1) is 0 Å². The molecule has 1 unspecified atom stereocenters. The zero-order valence-corrected chi connectivity index (χ0v) is 11.8. The number of aliphatic hydroxyl groups excluding tert-OH is 1. The molecular formula is C19H18O2. The molecule has 3 rings (SSSR count). The lowest BCUT2D eigenvalue weighted by Gasteiger charge is -2.13. The van der Waals surface area contributed by atoms with E-state index in [4.69, 9.17) is 4.74 Å². The van der Waals surface area contributed by atoms with Crippen molar-refractivity contribution in [1.82, 2.24) is 0 Å². The average Bonchev–Trinajstić information content (AvgIpc) is 2.55. The third kappa shape index (κ3) is 3.41. The highest BCUT2D eigenvalue weighted by Gasteiger charge is 2.08. The summed E-state index contributed by atoms with van der Waals surface area (Å²) in [6.45, 7) is 0.498. The van der Waals surface area contributed by atoms with Gasteiger partial charge < -0.3 is 9.84 Å². The topological polar surface area (TPSA) is 29.5 Å². The third-order valence-electron chi connectivity index (χ3n) is 3.56. The van der Waals surface area contributed by atoms with Crippen LogP contribution in [0.4, 0.5) is 0 Å². The Morgan fingerprint density at radius 1 is 0.810 bits per heavy atom. The van der Waals surface area contributed by atoms with Crippen LogP contribution in [0, 0.1) is 0 Å². The van der Waals surface area contributed by atoms with E-state index in [9.17, 15) is 5.11 Å². The van der Waals surface area contributed by atoms with Gasteiger partial charge in [-0.2, -0.15) is 0 Å². The smallest absolute Gasteiger partial charge is 0.119 e. The van der Waals surface area contributed by atoms with Crippen LogP contribution >= 0.6 is 0 Å². The summed E-state index contributed by atoms with van der Waals surface area (Å²) >= 11 is 0. The zero-order chi connectivity index (χ0) is 14.5. The first-order chi connectivity index (χ1) is 10.3. The summed E-state index contributed by atoms with van der Waals surface area (Å²) in [5, 5.41) is 12.6. The first-order valence-electron chi connectivity index (χ1n) is 7.17. The molecule has 0 fully saturated rings. The number of aliphatic hydroxyl groups is 1. The standard InChI is InChI=1S/C19H18O2/c20-19(12-13-21-18-8-2-1-3-9-18)17-11-10-15-6-4-5-7-16(15)14-17/h1-11,14,19-20H,12-13H2. The van der Waals surface area contributed by atoms with Crippen molar-refractivity contribution in [1.29, 1.82) is 0 Å². The molecule has 2 heteroatoms. The minimum absolute atomic E-state index is 0.498. The number of hydrogen-bond donors (Lipinski definition) is 1. The molecule has 0 aromatic heterocycles. The molecule has 0 heterocycles. The molecule has 0 aliphatic heterocycles. The molecule has 0 spiro atoms. The van der Waals surface area contributed by atoms with E-state index in [2.05, 4.69) is 12.1 Å². The second kappa shape index (κ2) is 6.42. The van der Waals surface area contributed by atoms with Gasteiger partial charge in [0.2, 0.25) is 0 Å². The van der Waals surface area contributed by atoms with Gasteiger partial charge in [0.25, 0.3) is 0 Å². The van der Waals surface area contributed by atoms with Crippen LogP contribution in [0.2, 0.25) is 0 Å². The van der Waals surface area contributed by atoms with Gasteiger partial charge >= 0.3 is 0 Å². The van der Waals surface area contributed by atoms with Crippen molar-refractivity contribution < 1.29 is 9.84 Å². The van der Waals surface area contributed by atoms with E-state index in [1.807, 2.05) is 60.7 Å². The van der Waals surface area contributed by atoms with Crippen LogP contribution in [0.1, 0.15) is 18.1 Å². The number of hydrogen-bond acceptors (Lipinski definition) is 2. The van der Waals surface area contributed by atoms with Crippen molar-refractivity contribution in [3.8, 4) is 5.75 Å². The molecule has 3 aromatic rings. The number of para-hydroxylation sites is 1. The van der Waals surface area contributed by atoms with E-state index in [0.29, 0.717) is 13.0 Å². The fraction of sp³-hybridized carbons (Fsp3) is 0.158. The minimum Gasteiger partial charge on any atom is -0.493 e. The van der Waals surface area contributed by atoms with Crippen molar-refractivity contribution in [3.05, 3.63) is 78.4 Å². The Hall–Kier alpha value is -2.32. The van der Waals surface area contributed by atoms with Crippen LogP contribution < -0.4 is 4.74 Å². The second-order valence-electron chi connectivity index (χ2n) is 5.07. The largest absolute Gasteiger partial charge is 0.493 e. The summed E-state index contributed by atoms with van der Waals surface area (Å²) < 4.78 is 5.63. The van der Waals surface area contributed by atoms with Gasteiger partial charge in [0.15, 0.2) is 0 Å². The van der Waals surface area contributed by atoms with Crippen molar-refractivity contribution in [2.45, 2.75) is 12.5 Å². The van der Waals surface area contributed by atoms with Gasteiger partial charge in [-0.25, -0.2) is 0 Å². The SMILES string of the molecule is OC(CCOc1ccccc1)c1ccc2ccccc2c1. The Morgan fingerprint density at radius 2 is 1.52 bits per heavy atom. The molecule has 2 nitrogen and oxygen atoms in total. The predicted molar refractivity (Wildman–Crippen MR) is 85.5 cm³/mol. The Kier molecular flexibility index (Phi) is 4.17. The maximum atomic E-state index is 10.3. The number of ether oxygens (including phenoxy) is 1. The molecule has 21 heavy (non-hydrogen) atoms. The zero-order valence-electron chi connectivity index (χ0n) is 11.8. The van der Waals surface area contributed by atoms with E-state index in [-0.39, 0.29) is 0 Å². The lowest BCUT2D eigenvalue weighted by Crippen LogP contribution is -2.05. The van der Waals surface area contributed by atoms with E-state index in [0.717, 1.165) is 16.7 Å². The third-order valence-corrected chi connectivity index (χ3v) is 3.56. The number of fused-ring (bicyclic) bond motifs is 1. The number of benzene rings is 3. The van der Waals surface area contributed by atoms with Crippen LogP contribution in [0.5, 0.6) is 5.75 Å². The van der Waals surface area contributed by atoms with Crippen LogP contribution in [0.15, 0.2) is 72.8 Å². The molecule has 1 N–H and O–H groups in total. The quantitative estimate of drug-likeness (QED) is 0.752. The first-order valence-corrected chi connectivity index (χ1v) is 7.17. The Morgan fingerprint density at radius 3 is 2.33 bits per heavy atom. The molecule has 0 radical (unpaired) electrons. The molecule has 1 atom stereocenters. The maximum Gasteiger partial charge on any atom is 0.119 e. The minimum atomic E-state index is -0.502. The van der Waals surface area contributed by atoms with E-state index >= 15 is 0 Å². The van der Waals surface area contributed by atoms with Crippen molar-refractivity contribution in [2.24, 2.45) is 0 Å². The summed E-state index contributed by atoms with van der Waals surface area (Å²) in [5.74, 6) is 0.836. The molecular weight excluding hydrogens is 260 g/mol. The Labute approximate surface area is 124 Å². The molecule has 3 aromatic carbocycles. The highest BCUT2D eigenvalue weighted by atomic mass is 16.5. The molecule has 0 saturated carbocycles. The summed E-state index contributed by atoms with van der Waals surface area (Å²) in [6, 6.07) is 23.9. The highest BCUT2D eigenvalue weighted by Crippen LogP contribution is 2.22. The van der Waals surface area contributed by atoms with Crippen molar-refractivity contribution in [2.75, 3.05) is 6.61 Å². The fourth-order valence-electron chi connectivity index (χ4n) is 2.39. The van der Waals surface area contributed by atoms with Gasteiger partial charge in [0.1, 0.15) is 5.75 Å². The first kappa shape index (κ1) is 13.7. The normalized spacial score (nSPS) is 12.2. The van der Waals surface area contributed by atoms with E-state index in [1.54, 1.807) is 0 Å². The molecule has 0 saturated heterocycles.